The van der Waals surface area contributed by atoms with Crippen molar-refractivity contribution in [3.05, 3.63) is 28.2 Å². The highest BCUT2D eigenvalue weighted by Crippen LogP contribution is 2.13. The van der Waals surface area contributed by atoms with Crippen LogP contribution in [0, 0.1) is 11.6 Å². The van der Waals surface area contributed by atoms with Gasteiger partial charge >= 0.3 is 0 Å². The third-order valence-corrected chi connectivity index (χ3v) is 2.17. The Kier molecular flexibility index (Phi) is 2.65. The van der Waals surface area contributed by atoms with Crippen molar-refractivity contribution < 1.29 is 8.78 Å². The van der Waals surface area contributed by atoms with E-state index in [1.807, 2.05) is 0 Å². The molecule has 1 rings (SSSR count). The second-order valence-electron chi connectivity index (χ2n) is 2.05. The Morgan fingerprint density at radius 3 is 2.27 bits per heavy atom. The van der Waals surface area contributed by atoms with Crippen LogP contribution in [-0.2, 0) is 0 Å². The quantitative estimate of drug-likeness (QED) is 0.500. The van der Waals surface area contributed by atoms with Crippen molar-refractivity contribution in [3.63, 3.8) is 0 Å². The van der Waals surface area contributed by atoms with Gasteiger partial charge in [-0.3, -0.25) is 0 Å². The van der Waals surface area contributed by atoms with Crippen molar-refractivity contribution >= 4 is 28.7 Å². The summed E-state index contributed by atoms with van der Waals surface area (Å²) in [6.07, 6.45) is 0. The second-order valence-corrected chi connectivity index (χ2v) is 2.84. The molecule has 0 spiro atoms. The molecule has 0 aliphatic heterocycles. The average Bonchev–Trinajstić information content (AvgIpc) is 1.99. The molecular formula is C7H5BBrF2. The largest absolute Gasteiger partial charge is 0.208 e. The molecule has 11 heavy (non-hydrogen) atoms. The Morgan fingerprint density at radius 1 is 1.27 bits per heavy atom. The first-order valence-corrected chi connectivity index (χ1v) is 3.89. The van der Waals surface area contributed by atoms with Crippen LogP contribution in [0.5, 0.6) is 0 Å². The molecule has 0 aliphatic rings. The number of halogens is 3. The lowest BCUT2D eigenvalue weighted by atomic mass is 9.73. The van der Waals surface area contributed by atoms with Gasteiger partial charge < -0.3 is 0 Å². The number of benzene rings is 1. The van der Waals surface area contributed by atoms with Gasteiger partial charge in [0.05, 0.1) is 0 Å². The molecule has 0 atom stereocenters. The van der Waals surface area contributed by atoms with Crippen LogP contribution in [0.2, 0.25) is 6.82 Å². The van der Waals surface area contributed by atoms with Gasteiger partial charge in [-0.2, -0.15) is 0 Å². The summed E-state index contributed by atoms with van der Waals surface area (Å²) in [5.41, 5.74) is 0.269. The van der Waals surface area contributed by atoms with Gasteiger partial charge in [0.15, 0.2) is 7.28 Å². The van der Waals surface area contributed by atoms with E-state index < -0.39 is 11.6 Å². The standard InChI is InChI=1S/C7H5BBrF2/c1-8-6-4(10)2-3-5(11)7(6)9/h2-3H,1H3. The van der Waals surface area contributed by atoms with Crippen LogP contribution in [0.25, 0.3) is 0 Å². The molecule has 0 unspecified atom stereocenters. The first-order chi connectivity index (χ1) is 5.16. The fraction of sp³-hybridized carbons (Fsp3) is 0.143. The van der Waals surface area contributed by atoms with Gasteiger partial charge in [-0.15, -0.1) is 0 Å². The van der Waals surface area contributed by atoms with E-state index in [-0.39, 0.29) is 9.94 Å². The van der Waals surface area contributed by atoms with Crippen LogP contribution in [0.1, 0.15) is 0 Å². The van der Waals surface area contributed by atoms with Gasteiger partial charge in [-0.25, -0.2) is 8.78 Å². The summed E-state index contributed by atoms with van der Waals surface area (Å²) < 4.78 is 25.7. The topological polar surface area (TPSA) is 0 Å². The van der Waals surface area contributed by atoms with Gasteiger partial charge in [-0.05, 0) is 33.5 Å². The van der Waals surface area contributed by atoms with Crippen molar-refractivity contribution in [1.29, 1.82) is 0 Å². The molecule has 1 aromatic rings. The SMILES string of the molecule is C[B]c1c(F)ccc(F)c1Br. The molecule has 0 nitrogen and oxygen atoms in total. The van der Waals surface area contributed by atoms with Crippen molar-refractivity contribution in [2.45, 2.75) is 6.82 Å². The van der Waals surface area contributed by atoms with Crippen LogP contribution in [0.4, 0.5) is 8.78 Å². The van der Waals surface area contributed by atoms with Gasteiger partial charge in [-0.1, -0.05) is 6.82 Å². The summed E-state index contributed by atoms with van der Waals surface area (Å²) in [6, 6.07) is 2.20. The summed E-state index contributed by atoms with van der Waals surface area (Å²) in [5, 5.41) is 0. The molecule has 57 valence electrons. The average molecular weight is 218 g/mol. The second kappa shape index (κ2) is 3.35. The minimum absolute atomic E-state index is 0.181. The van der Waals surface area contributed by atoms with Crippen LogP contribution in [-0.4, -0.2) is 7.28 Å². The number of hydrogen-bond acceptors (Lipinski definition) is 0. The lowest BCUT2D eigenvalue weighted by molar-refractivity contribution is 0.601. The lowest BCUT2D eigenvalue weighted by Gasteiger charge is -2.02. The van der Waals surface area contributed by atoms with Gasteiger partial charge in [0.25, 0.3) is 0 Å². The molecule has 0 aromatic heterocycles. The van der Waals surface area contributed by atoms with E-state index in [1.165, 1.54) is 7.28 Å². The van der Waals surface area contributed by atoms with Crippen LogP contribution < -0.4 is 5.46 Å². The number of hydrogen-bond donors (Lipinski definition) is 0. The van der Waals surface area contributed by atoms with E-state index in [4.69, 9.17) is 0 Å². The normalized spacial score (nSPS) is 9.82. The summed E-state index contributed by atoms with van der Waals surface area (Å²) in [5.74, 6) is -0.861. The highest BCUT2D eigenvalue weighted by molar-refractivity contribution is 9.10. The van der Waals surface area contributed by atoms with Crippen molar-refractivity contribution in [1.82, 2.24) is 0 Å². The predicted molar refractivity (Wildman–Crippen MR) is 45.3 cm³/mol. The Hall–Kier alpha value is -0.375. The summed E-state index contributed by atoms with van der Waals surface area (Å²) in [7, 11) is 1.52. The van der Waals surface area contributed by atoms with E-state index in [1.54, 1.807) is 6.82 Å². The Bertz CT molecular complexity index is 275. The molecular weight excluding hydrogens is 213 g/mol. The van der Waals surface area contributed by atoms with Crippen LogP contribution in [0.3, 0.4) is 0 Å². The maximum Gasteiger partial charge on any atom is 0.153 e. The fourth-order valence-corrected chi connectivity index (χ4v) is 1.36. The van der Waals surface area contributed by atoms with Gasteiger partial charge in [0.1, 0.15) is 11.6 Å². The number of rotatable bonds is 1. The highest BCUT2D eigenvalue weighted by Gasteiger charge is 2.08. The Morgan fingerprint density at radius 2 is 1.82 bits per heavy atom. The molecule has 0 N–H and O–H groups in total. The van der Waals surface area contributed by atoms with E-state index in [0.29, 0.717) is 0 Å². The van der Waals surface area contributed by atoms with E-state index in [9.17, 15) is 8.78 Å². The minimum Gasteiger partial charge on any atom is -0.208 e. The van der Waals surface area contributed by atoms with E-state index in [2.05, 4.69) is 15.9 Å². The monoisotopic (exact) mass is 217 g/mol. The first-order valence-electron chi connectivity index (χ1n) is 3.09. The molecule has 0 amide bonds. The maximum absolute atomic E-state index is 12.8. The molecule has 0 heterocycles. The summed E-state index contributed by atoms with van der Waals surface area (Å²) in [4.78, 5) is 0. The Labute approximate surface area is 73.0 Å². The molecule has 0 aliphatic carbocycles. The molecule has 0 bridgehead atoms. The minimum atomic E-state index is -0.445. The van der Waals surface area contributed by atoms with Gasteiger partial charge in [0.2, 0.25) is 0 Å². The molecule has 0 saturated carbocycles. The van der Waals surface area contributed by atoms with E-state index >= 15 is 0 Å². The lowest BCUT2D eigenvalue weighted by Crippen LogP contribution is -2.18. The van der Waals surface area contributed by atoms with E-state index in [0.717, 1.165) is 12.1 Å². The maximum atomic E-state index is 12.8. The molecule has 0 saturated heterocycles. The molecule has 1 aromatic carbocycles. The third-order valence-electron chi connectivity index (χ3n) is 1.37. The highest BCUT2D eigenvalue weighted by atomic mass is 79.9. The zero-order valence-electron chi connectivity index (χ0n) is 5.87. The first kappa shape index (κ1) is 8.72. The van der Waals surface area contributed by atoms with Crippen molar-refractivity contribution in [2.24, 2.45) is 0 Å². The van der Waals surface area contributed by atoms with Crippen molar-refractivity contribution in [2.75, 3.05) is 0 Å². The zero-order valence-corrected chi connectivity index (χ0v) is 7.45. The Balaban J connectivity index is 3.29. The zero-order chi connectivity index (χ0) is 8.43. The summed E-state index contributed by atoms with van der Waals surface area (Å²) in [6.45, 7) is 1.66. The predicted octanol–water partition coefficient (Wildman–Crippen LogP) is 2.10. The van der Waals surface area contributed by atoms with Gasteiger partial charge in [0, 0.05) is 4.47 Å². The molecule has 4 heteroatoms. The molecule has 1 radical (unpaired) electrons. The third kappa shape index (κ3) is 1.61. The van der Waals surface area contributed by atoms with Crippen LogP contribution >= 0.6 is 15.9 Å². The smallest absolute Gasteiger partial charge is 0.153 e. The summed E-state index contributed by atoms with van der Waals surface area (Å²) >= 11 is 2.94. The van der Waals surface area contributed by atoms with Crippen molar-refractivity contribution in [3.8, 4) is 0 Å². The fourth-order valence-electron chi connectivity index (χ4n) is 0.807. The molecule has 0 fully saturated rings. The van der Waals surface area contributed by atoms with Crippen LogP contribution in [0.15, 0.2) is 16.6 Å².